The number of carbonyl (C=O) groups excluding carboxylic acids is 1. The summed E-state index contributed by atoms with van der Waals surface area (Å²) in [6, 6.07) is 6.11. The molecule has 74 valence electrons. The first-order valence-electron chi connectivity index (χ1n) is 4.69. The smallest absolute Gasteiger partial charge is 0.254 e. The summed E-state index contributed by atoms with van der Waals surface area (Å²) in [4.78, 5) is 13.7. The Balaban J connectivity index is 2.40. The number of nitrogens with zero attached hydrogens (tertiary/aromatic N) is 1. The van der Waals surface area contributed by atoms with Crippen LogP contribution in [-0.4, -0.2) is 16.8 Å². The molecule has 1 heterocycles. The van der Waals surface area contributed by atoms with Gasteiger partial charge in [-0.05, 0) is 37.6 Å². The lowest BCUT2D eigenvalue weighted by molar-refractivity contribution is 0.0730. The van der Waals surface area contributed by atoms with E-state index in [1.807, 2.05) is 36.9 Å². The highest BCUT2D eigenvalue weighted by molar-refractivity contribution is 9.10. The lowest BCUT2D eigenvalue weighted by Crippen LogP contribution is -2.30. The van der Waals surface area contributed by atoms with E-state index in [9.17, 15) is 4.79 Å². The van der Waals surface area contributed by atoms with Gasteiger partial charge in [0, 0.05) is 22.6 Å². The summed E-state index contributed by atoms with van der Waals surface area (Å²) in [6.45, 7) is 4.82. The first kappa shape index (κ1) is 9.71. The molecule has 1 aromatic carbocycles. The summed E-state index contributed by atoms with van der Waals surface area (Å²) in [5.74, 6) is 0.155. The zero-order chi connectivity index (χ0) is 10.3. The first-order chi connectivity index (χ1) is 6.59. The van der Waals surface area contributed by atoms with Gasteiger partial charge in [0.05, 0.1) is 0 Å². The van der Waals surface area contributed by atoms with Crippen LogP contribution in [0, 0.1) is 0 Å². The number of benzene rings is 1. The van der Waals surface area contributed by atoms with Crippen molar-refractivity contribution in [2.24, 2.45) is 0 Å². The maximum atomic E-state index is 11.9. The molecule has 1 aliphatic heterocycles. The Kier molecular flexibility index (Phi) is 2.35. The molecular weight excluding hydrogens is 242 g/mol. The molecule has 0 spiro atoms. The van der Waals surface area contributed by atoms with Crippen LogP contribution in [0.1, 0.15) is 29.8 Å². The molecule has 0 bridgehead atoms. The van der Waals surface area contributed by atoms with Crippen LogP contribution in [0.3, 0.4) is 0 Å². The zero-order valence-corrected chi connectivity index (χ0v) is 9.84. The van der Waals surface area contributed by atoms with Crippen molar-refractivity contribution < 1.29 is 4.79 Å². The summed E-state index contributed by atoms with van der Waals surface area (Å²) >= 11 is 3.41. The van der Waals surface area contributed by atoms with Crippen molar-refractivity contribution >= 4 is 21.8 Å². The predicted molar refractivity (Wildman–Crippen MR) is 59.2 cm³/mol. The molecule has 14 heavy (non-hydrogen) atoms. The third-order valence-corrected chi connectivity index (χ3v) is 3.02. The number of fused-ring (bicyclic) bond motifs is 1. The molecule has 2 rings (SSSR count). The average molecular weight is 254 g/mol. The van der Waals surface area contributed by atoms with Gasteiger partial charge in [-0.2, -0.15) is 0 Å². The molecule has 0 saturated heterocycles. The maximum absolute atomic E-state index is 11.9. The van der Waals surface area contributed by atoms with Gasteiger partial charge in [0.15, 0.2) is 0 Å². The second-order valence-electron chi connectivity index (χ2n) is 3.83. The van der Waals surface area contributed by atoms with Crippen LogP contribution in [0.4, 0.5) is 0 Å². The minimum absolute atomic E-state index is 0.155. The molecule has 0 aliphatic carbocycles. The van der Waals surface area contributed by atoms with Gasteiger partial charge in [0.2, 0.25) is 0 Å². The standard InChI is InChI=1S/C11H12BrNO/c1-7(2)13-6-8-5-9(12)3-4-10(8)11(13)14/h3-5,7H,6H2,1-2H3. The van der Waals surface area contributed by atoms with E-state index >= 15 is 0 Å². The van der Waals surface area contributed by atoms with Gasteiger partial charge in [0.25, 0.3) is 5.91 Å². The normalized spacial score (nSPS) is 15.1. The summed E-state index contributed by atoms with van der Waals surface area (Å²) in [7, 11) is 0. The summed E-state index contributed by atoms with van der Waals surface area (Å²) in [5, 5.41) is 0. The van der Waals surface area contributed by atoms with Crippen molar-refractivity contribution in [1.82, 2.24) is 4.90 Å². The van der Waals surface area contributed by atoms with Gasteiger partial charge in [-0.25, -0.2) is 0 Å². The van der Waals surface area contributed by atoms with Crippen LogP contribution in [0.5, 0.6) is 0 Å². The third-order valence-electron chi connectivity index (χ3n) is 2.52. The molecule has 0 N–H and O–H groups in total. The highest BCUT2D eigenvalue weighted by Gasteiger charge is 2.28. The fourth-order valence-electron chi connectivity index (χ4n) is 1.73. The third kappa shape index (κ3) is 1.46. The number of amides is 1. The SMILES string of the molecule is CC(C)N1Cc2cc(Br)ccc2C1=O. The van der Waals surface area contributed by atoms with Gasteiger partial charge in [0.1, 0.15) is 0 Å². The van der Waals surface area contributed by atoms with Crippen molar-refractivity contribution in [2.75, 3.05) is 0 Å². The Morgan fingerprint density at radius 3 is 2.79 bits per heavy atom. The topological polar surface area (TPSA) is 20.3 Å². The second kappa shape index (κ2) is 3.39. The Labute approximate surface area is 92.0 Å². The second-order valence-corrected chi connectivity index (χ2v) is 4.74. The lowest BCUT2D eigenvalue weighted by atomic mass is 10.1. The fraction of sp³-hybridized carbons (Fsp3) is 0.364. The number of carbonyl (C=O) groups is 1. The quantitative estimate of drug-likeness (QED) is 0.754. The van der Waals surface area contributed by atoms with Crippen molar-refractivity contribution in [2.45, 2.75) is 26.4 Å². The van der Waals surface area contributed by atoms with E-state index in [2.05, 4.69) is 15.9 Å². The van der Waals surface area contributed by atoms with Gasteiger partial charge < -0.3 is 4.90 Å². The van der Waals surface area contributed by atoms with E-state index in [0.29, 0.717) is 0 Å². The van der Waals surface area contributed by atoms with Crippen LogP contribution in [-0.2, 0) is 6.54 Å². The fourth-order valence-corrected chi connectivity index (χ4v) is 2.14. The first-order valence-corrected chi connectivity index (χ1v) is 5.48. The van der Waals surface area contributed by atoms with Gasteiger partial charge in [-0.15, -0.1) is 0 Å². The number of rotatable bonds is 1. The average Bonchev–Trinajstić information content (AvgIpc) is 2.43. The predicted octanol–water partition coefficient (Wildman–Crippen LogP) is 2.81. The van der Waals surface area contributed by atoms with E-state index in [-0.39, 0.29) is 11.9 Å². The summed E-state index contributed by atoms with van der Waals surface area (Å²) in [5.41, 5.74) is 1.97. The Hall–Kier alpha value is -0.830. The van der Waals surface area contributed by atoms with E-state index in [1.165, 1.54) is 0 Å². The number of halogens is 1. The molecule has 3 heteroatoms. The van der Waals surface area contributed by atoms with E-state index in [0.717, 1.165) is 22.1 Å². The lowest BCUT2D eigenvalue weighted by Gasteiger charge is -2.19. The van der Waals surface area contributed by atoms with Crippen LogP contribution < -0.4 is 0 Å². The van der Waals surface area contributed by atoms with Gasteiger partial charge in [-0.3, -0.25) is 4.79 Å². The molecule has 0 saturated carbocycles. The van der Waals surface area contributed by atoms with E-state index < -0.39 is 0 Å². The van der Waals surface area contributed by atoms with Crippen LogP contribution >= 0.6 is 15.9 Å². The van der Waals surface area contributed by atoms with Crippen LogP contribution in [0.25, 0.3) is 0 Å². The Bertz CT molecular complexity index is 387. The van der Waals surface area contributed by atoms with Crippen molar-refractivity contribution in [1.29, 1.82) is 0 Å². The number of hydrogen-bond donors (Lipinski definition) is 0. The molecule has 0 fully saturated rings. The molecule has 1 amide bonds. The van der Waals surface area contributed by atoms with Crippen LogP contribution in [0.15, 0.2) is 22.7 Å². The Morgan fingerprint density at radius 2 is 2.14 bits per heavy atom. The molecular formula is C11H12BrNO. The molecule has 1 aliphatic rings. The maximum Gasteiger partial charge on any atom is 0.254 e. The zero-order valence-electron chi connectivity index (χ0n) is 8.25. The van der Waals surface area contributed by atoms with E-state index in [1.54, 1.807) is 0 Å². The highest BCUT2D eigenvalue weighted by atomic mass is 79.9. The molecule has 1 aromatic rings. The van der Waals surface area contributed by atoms with Gasteiger partial charge in [-0.1, -0.05) is 15.9 Å². The summed E-state index contributed by atoms with van der Waals surface area (Å²) < 4.78 is 1.04. The monoisotopic (exact) mass is 253 g/mol. The van der Waals surface area contributed by atoms with Crippen molar-refractivity contribution in [3.63, 3.8) is 0 Å². The Morgan fingerprint density at radius 1 is 1.43 bits per heavy atom. The largest absolute Gasteiger partial charge is 0.332 e. The molecule has 0 aromatic heterocycles. The molecule has 2 nitrogen and oxygen atoms in total. The molecule has 0 atom stereocenters. The summed E-state index contributed by atoms with van der Waals surface area (Å²) in [6.07, 6.45) is 0. The van der Waals surface area contributed by atoms with Crippen LogP contribution in [0.2, 0.25) is 0 Å². The molecule has 0 unspecified atom stereocenters. The van der Waals surface area contributed by atoms with E-state index in [4.69, 9.17) is 0 Å². The minimum Gasteiger partial charge on any atom is -0.332 e. The van der Waals surface area contributed by atoms with Crippen molar-refractivity contribution in [3.8, 4) is 0 Å². The van der Waals surface area contributed by atoms with Gasteiger partial charge >= 0.3 is 0 Å². The molecule has 0 radical (unpaired) electrons. The number of hydrogen-bond acceptors (Lipinski definition) is 1. The van der Waals surface area contributed by atoms with Crippen molar-refractivity contribution in [3.05, 3.63) is 33.8 Å². The highest BCUT2D eigenvalue weighted by Crippen LogP contribution is 2.26. The minimum atomic E-state index is 0.155.